The number of anilines is 1. The van der Waals surface area contributed by atoms with Gasteiger partial charge in [-0.2, -0.15) is 0 Å². The second-order valence-corrected chi connectivity index (χ2v) is 6.33. The highest BCUT2D eigenvalue weighted by molar-refractivity contribution is 7.13. The summed E-state index contributed by atoms with van der Waals surface area (Å²) >= 11 is 1.39. The van der Waals surface area contributed by atoms with E-state index in [4.69, 9.17) is 5.11 Å². The maximum atomic E-state index is 12.2. The Morgan fingerprint density at radius 3 is 2.77 bits per heavy atom. The molecule has 0 fully saturated rings. The maximum absolute atomic E-state index is 12.2. The number of amides is 1. The lowest BCUT2D eigenvalue weighted by Crippen LogP contribution is -2.10. The molecular formula is C16H18N2O3S. The molecule has 6 heteroatoms. The minimum absolute atomic E-state index is 0.0734. The Kier molecular flexibility index (Phi) is 5.27. The van der Waals surface area contributed by atoms with Crippen LogP contribution < -0.4 is 5.32 Å². The summed E-state index contributed by atoms with van der Waals surface area (Å²) in [6.07, 6.45) is 2.10. The van der Waals surface area contributed by atoms with Gasteiger partial charge in [0, 0.05) is 18.0 Å². The van der Waals surface area contributed by atoms with Crippen LogP contribution in [0.5, 0.6) is 0 Å². The van der Waals surface area contributed by atoms with E-state index in [0.717, 1.165) is 10.6 Å². The van der Waals surface area contributed by atoms with Gasteiger partial charge in [-0.3, -0.25) is 9.59 Å². The van der Waals surface area contributed by atoms with Crippen LogP contribution in [0.15, 0.2) is 30.5 Å². The highest BCUT2D eigenvalue weighted by Crippen LogP contribution is 2.22. The second-order valence-electron chi connectivity index (χ2n) is 5.27. The van der Waals surface area contributed by atoms with Gasteiger partial charge in [-0.25, -0.2) is 4.98 Å². The summed E-state index contributed by atoms with van der Waals surface area (Å²) < 4.78 is 0. The summed E-state index contributed by atoms with van der Waals surface area (Å²) in [5.74, 6) is -0.731. The van der Waals surface area contributed by atoms with E-state index in [9.17, 15) is 9.59 Å². The molecule has 0 saturated heterocycles. The fourth-order valence-corrected chi connectivity index (χ4v) is 2.72. The highest BCUT2D eigenvalue weighted by Gasteiger charge is 2.12. The minimum atomic E-state index is -0.833. The second kappa shape index (κ2) is 7.17. The number of carbonyl (C=O) groups is 2. The van der Waals surface area contributed by atoms with E-state index in [1.807, 2.05) is 19.9 Å². The summed E-state index contributed by atoms with van der Waals surface area (Å²) in [5, 5.41) is 12.5. The van der Waals surface area contributed by atoms with E-state index in [-0.39, 0.29) is 12.3 Å². The van der Waals surface area contributed by atoms with Crippen LogP contribution in [0, 0.1) is 0 Å². The normalized spacial score (nSPS) is 10.7. The predicted octanol–water partition coefficient (Wildman–Crippen LogP) is 3.54. The minimum Gasteiger partial charge on any atom is -0.481 e. The molecule has 0 atom stereocenters. The van der Waals surface area contributed by atoms with Crippen molar-refractivity contribution in [3.8, 4) is 0 Å². The average Bonchev–Trinajstić information content (AvgIpc) is 2.95. The molecule has 1 aromatic heterocycles. The van der Waals surface area contributed by atoms with Crippen molar-refractivity contribution in [1.29, 1.82) is 0 Å². The van der Waals surface area contributed by atoms with Gasteiger partial charge in [-0.1, -0.05) is 26.0 Å². The molecule has 0 aliphatic rings. The number of rotatable bonds is 6. The lowest BCUT2D eigenvalue weighted by molar-refractivity contribution is -0.136. The first-order chi connectivity index (χ1) is 10.5. The smallest absolute Gasteiger partial charge is 0.303 e. The molecule has 22 heavy (non-hydrogen) atoms. The molecule has 0 spiro atoms. The van der Waals surface area contributed by atoms with Crippen molar-refractivity contribution in [3.05, 3.63) is 45.9 Å². The lowest BCUT2D eigenvalue weighted by atomic mass is 10.1. The van der Waals surface area contributed by atoms with E-state index in [2.05, 4.69) is 10.3 Å². The summed E-state index contributed by atoms with van der Waals surface area (Å²) in [5.41, 5.74) is 1.54. The van der Waals surface area contributed by atoms with Gasteiger partial charge in [0.25, 0.3) is 5.91 Å². The number of hydrogen-bond donors (Lipinski definition) is 2. The third kappa shape index (κ3) is 4.39. The van der Waals surface area contributed by atoms with E-state index in [0.29, 0.717) is 22.9 Å². The first-order valence-electron chi connectivity index (χ1n) is 7.03. The fraction of sp³-hybridized carbons (Fsp3) is 0.312. The van der Waals surface area contributed by atoms with Crippen LogP contribution in [0.1, 0.15) is 46.4 Å². The summed E-state index contributed by atoms with van der Waals surface area (Å²) in [6, 6.07) is 7.24. The highest BCUT2D eigenvalue weighted by atomic mass is 32.1. The van der Waals surface area contributed by atoms with Crippen LogP contribution in [0.3, 0.4) is 0 Å². The Hall–Kier alpha value is -2.21. The molecule has 1 amide bonds. The van der Waals surface area contributed by atoms with Crippen LogP contribution in [0.4, 0.5) is 5.69 Å². The van der Waals surface area contributed by atoms with E-state index >= 15 is 0 Å². The molecule has 2 rings (SSSR count). The van der Waals surface area contributed by atoms with Gasteiger partial charge in [-0.05, 0) is 24.1 Å². The van der Waals surface area contributed by atoms with Crippen LogP contribution in [0.2, 0.25) is 0 Å². The Morgan fingerprint density at radius 1 is 1.36 bits per heavy atom. The topological polar surface area (TPSA) is 79.3 Å². The molecule has 5 nitrogen and oxygen atoms in total. The van der Waals surface area contributed by atoms with Gasteiger partial charge in [0.15, 0.2) is 0 Å². The summed E-state index contributed by atoms with van der Waals surface area (Å²) in [4.78, 5) is 27.6. The number of carbonyl (C=O) groups excluding carboxylic acids is 1. The summed E-state index contributed by atoms with van der Waals surface area (Å²) in [7, 11) is 0. The molecule has 0 bridgehead atoms. The maximum Gasteiger partial charge on any atom is 0.303 e. The summed E-state index contributed by atoms with van der Waals surface area (Å²) in [6.45, 7) is 4.07. The van der Waals surface area contributed by atoms with Crippen molar-refractivity contribution >= 4 is 28.9 Å². The number of thiazole rings is 1. The van der Waals surface area contributed by atoms with Gasteiger partial charge < -0.3 is 10.4 Å². The third-order valence-corrected chi connectivity index (χ3v) is 4.35. The predicted molar refractivity (Wildman–Crippen MR) is 86.6 cm³/mol. The number of aromatic nitrogens is 1. The van der Waals surface area contributed by atoms with Crippen LogP contribution in [-0.4, -0.2) is 22.0 Å². The van der Waals surface area contributed by atoms with Gasteiger partial charge in [0.1, 0.15) is 4.88 Å². The SMILES string of the molecule is CC(C)c1ncc(C(=O)Nc2cccc(CCC(=O)O)c2)s1. The molecule has 0 radical (unpaired) electrons. The number of carboxylic acid groups (broad SMARTS) is 1. The number of aliphatic carboxylic acids is 1. The molecule has 2 aromatic rings. The van der Waals surface area contributed by atoms with Crippen molar-refractivity contribution in [2.24, 2.45) is 0 Å². The van der Waals surface area contributed by atoms with Gasteiger partial charge in [0.2, 0.25) is 0 Å². The number of aryl methyl sites for hydroxylation is 1. The van der Waals surface area contributed by atoms with Crippen LogP contribution in [-0.2, 0) is 11.2 Å². The molecule has 0 aliphatic carbocycles. The van der Waals surface area contributed by atoms with Crippen molar-refractivity contribution in [2.45, 2.75) is 32.6 Å². The zero-order valence-electron chi connectivity index (χ0n) is 12.5. The van der Waals surface area contributed by atoms with Gasteiger partial charge in [0.05, 0.1) is 11.2 Å². The van der Waals surface area contributed by atoms with Crippen molar-refractivity contribution < 1.29 is 14.7 Å². The Balaban J connectivity index is 2.04. The monoisotopic (exact) mass is 318 g/mol. The zero-order valence-corrected chi connectivity index (χ0v) is 13.3. The van der Waals surface area contributed by atoms with Gasteiger partial charge in [-0.15, -0.1) is 11.3 Å². The first-order valence-corrected chi connectivity index (χ1v) is 7.85. The van der Waals surface area contributed by atoms with Crippen LogP contribution >= 0.6 is 11.3 Å². The number of carboxylic acids is 1. The first kappa shape index (κ1) is 16.2. The number of nitrogens with one attached hydrogen (secondary N) is 1. The van der Waals surface area contributed by atoms with E-state index in [1.165, 1.54) is 11.3 Å². The molecular weight excluding hydrogens is 300 g/mol. The molecule has 0 saturated carbocycles. The standard InChI is InChI=1S/C16H18N2O3S/c1-10(2)16-17-9-13(22-16)15(21)18-12-5-3-4-11(8-12)6-7-14(19)20/h3-5,8-10H,6-7H2,1-2H3,(H,18,21)(H,19,20). The Morgan fingerprint density at radius 2 is 2.14 bits per heavy atom. The van der Waals surface area contributed by atoms with Crippen molar-refractivity contribution in [3.63, 3.8) is 0 Å². The van der Waals surface area contributed by atoms with Crippen LogP contribution in [0.25, 0.3) is 0 Å². The van der Waals surface area contributed by atoms with E-state index < -0.39 is 5.97 Å². The van der Waals surface area contributed by atoms with Gasteiger partial charge >= 0.3 is 5.97 Å². The number of hydrogen-bond acceptors (Lipinski definition) is 4. The third-order valence-electron chi connectivity index (χ3n) is 3.05. The molecule has 1 heterocycles. The van der Waals surface area contributed by atoms with Crippen molar-refractivity contribution in [1.82, 2.24) is 4.98 Å². The number of benzene rings is 1. The molecule has 116 valence electrons. The Labute approximate surface area is 133 Å². The van der Waals surface area contributed by atoms with E-state index in [1.54, 1.807) is 24.4 Å². The molecule has 2 N–H and O–H groups in total. The lowest BCUT2D eigenvalue weighted by Gasteiger charge is -2.06. The molecule has 1 aromatic carbocycles. The molecule has 0 unspecified atom stereocenters. The van der Waals surface area contributed by atoms with Crippen molar-refractivity contribution in [2.75, 3.05) is 5.32 Å². The quantitative estimate of drug-likeness (QED) is 0.854. The zero-order chi connectivity index (χ0) is 16.1. The largest absolute Gasteiger partial charge is 0.481 e. The molecule has 0 aliphatic heterocycles. The average molecular weight is 318 g/mol. The fourth-order valence-electron chi connectivity index (χ4n) is 1.91. The Bertz CT molecular complexity index is 680. The number of nitrogens with zero attached hydrogens (tertiary/aromatic N) is 1.